The maximum Gasteiger partial charge on any atom is 0.251 e. The standard InChI is InChI=1S/C28H31N3O5/c1-18(2)16-24(29)28(36)30-23-14-10-21(11-15-23)7-5-4-6-20-8-12-22(13-9-20)27(35)31-26(19(3)33)25(34)17-32/h8-15,18-19,24,26,32-33H,16-17,29H2,1-3H3,(H,30,36)(H,31,35)/t19-,24+,26+/m1/s1. The molecule has 0 aliphatic carbocycles. The van der Waals surface area contributed by atoms with E-state index >= 15 is 0 Å². The van der Waals surface area contributed by atoms with Gasteiger partial charge in [-0.15, -0.1) is 0 Å². The minimum absolute atomic E-state index is 0.224. The van der Waals surface area contributed by atoms with Crippen LogP contribution in [0, 0.1) is 29.6 Å². The van der Waals surface area contributed by atoms with Crippen LogP contribution in [0.1, 0.15) is 48.7 Å². The molecule has 8 heteroatoms. The van der Waals surface area contributed by atoms with E-state index in [1.165, 1.54) is 19.1 Å². The Morgan fingerprint density at radius 2 is 1.44 bits per heavy atom. The quantitative estimate of drug-likeness (QED) is 0.338. The van der Waals surface area contributed by atoms with Crippen LogP contribution in [0.2, 0.25) is 0 Å². The van der Waals surface area contributed by atoms with E-state index in [0.717, 1.165) is 5.56 Å². The van der Waals surface area contributed by atoms with Gasteiger partial charge in [-0.2, -0.15) is 0 Å². The summed E-state index contributed by atoms with van der Waals surface area (Å²) in [5.41, 5.74) is 8.17. The molecule has 3 atom stereocenters. The molecule has 0 spiro atoms. The number of aliphatic hydroxyl groups excluding tert-OH is 2. The summed E-state index contributed by atoms with van der Waals surface area (Å²) in [7, 11) is 0. The zero-order valence-corrected chi connectivity index (χ0v) is 20.5. The lowest BCUT2D eigenvalue weighted by Gasteiger charge is -2.19. The Morgan fingerprint density at radius 1 is 0.917 bits per heavy atom. The van der Waals surface area contributed by atoms with E-state index in [-0.39, 0.29) is 11.5 Å². The van der Waals surface area contributed by atoms with Gasteiger partial charge in [-0.25, -0.2) is 0 Å². The fraction of sp³-hybridized carbons (Fsp3) is 0.321. The number of nitrogens with two attached hydrogens (primary N) is 1. The van der Waals surface area contributed by atoms with Crippen LogP contribution in [-0.2, 0) is 9.59 Å². The molecule has 0 aliphatic rings. The lowest BCUT2D eigenvalue weighted by molar-refractivity contribution is -0.126. The van der Waals surface area contributed by atoms with E-state index in [1.807, 2.05) is 13.8 Å². The Bertz CT molecular complexity index is 1180. The molecule has 2 aromatic carbocycles. The van der Waals surface area contributed by atoms with Crippen molar-refractivity contribution < 1.29 is 24.6 Å². The molecule has 0 heterocycles. The van der Waals surface area contributed by atoms with E-state index in [1.54, 1.807) is 36.4 Å². The highest BCUT2D eigenvalue weighted by atomic mass is 16.3. The molecule has 2 aromatic rings. The lowest BCUT2D eigenvalue weighted by Crippen LogP contribution is -2.48. The van der Waals surface area contributed by atoms with Gasteiger partial charge in [0.15, 0.2) is 5.78 Å². The molecule has 0 unspecified atom stereocenters. The molecule has 6 N–H and O–H groups in total. The molecular formula is C28H31N3O5. The van der Waals surface area contributed by atoms with E-state index < -0.39 is 36.5 Å². The first-order valence-corrected chi connectivity index (χ1v) is 11.5. The molecule has 36 heavy (non-hydrogen) atoms. The number of ketones is 1. The van der Waals surface area contributed by atoms with E-state index in [4.69, 9.17) is 10.8 Å². The van der Waals surface area contributed by atoms with Crippen LogP contribution in [0.25, 0.3) is 0 Å². The summed E-state index contributed by atoms with van der Waals surface area (Å²) >= 11 is 0. The molecule has 0 fully saturated rings. The first-order chi connectivity index (χ1) is 17.1. The van der Waals surface area contributed by atoms with E-state index in [0.29, 0.717) is 23.6 Å². The van der Waals surface area contributed by atoms with Gasteiger partial charge in [-0.05, 0) is 79.6 Å². The number of amides is 2. The second-order valence-electron chi connectivity index (χ2n) is 8.70. The summed E-state index contributed by atoms with van der Waals surface area (Å²) in [5, 5.41) is 23.8. The van der Waals surface area contributed by atoms with Crippen molar-refractivity contribution >= 4 is 23.3 Å². The van der Waals surface area contributed by atoms with Crippen molar-refractivity contribution in [1.82, 2.24) is 5.32 Å². The number of rotatable bonds is 9. The van der Waals surface area contributed by atoms with Gasteiger partial charge in [0, 0.05) is 22.4 Å². The van der Waals surface area contributed by atoms with Crippen molar-refractivity contribution in [2.24, 2.45) is 11.7 Å². The largest absolute Gasteiger partial charge is 0.391 e. The zero-order chi connectivity index (χ0) is 26.7. The minimum atomic E-state index is -1.19. The van der Waals surface area contributed by atoms with Gasteiger partial charge in [0.2, 0.25) is 5.91 Å². The Hall–Kier alpha value is -3.95. The fourth-order valence-electron chi connectivity index (χ4n) is 3.19. The Morgan fingerprint density at radius 3 is 1.92 bits per heavy atom. The predicted octanol–water partition coefficient (Wildman–Crippen LogP) is 1.44. The molecule has 8 nitrogen and oxygen atoms in total. The number of anilines is 1. The summed E-state index contributed by atoms with van der Waals surface area (Å²) in [6, 6.07) is 11.6. The Labute approximate surface area is 211 Å². The SMILES string of the molecule is CC(C)C[C@H](N)C(=O)Nc1ccc(C#CC#Cc2ccc(C(=O)N[C@H](C(=O)CO)[C@@H](C)O)cc2)cc1. The number of Topliss-reactive ketones (excluding diaryl/α,β-unsaturated/α-hetero) is 1. The molecule has 0 bridgehead atoms. The third-order valence-corrected chi connectivity index (χ3v) is 5.11. The number of aliphatic hydroxyl groups is 2. The summed E-state index contributed by atoms with van der Waals surface area (Å²) in [6.45, 7) is 4.60. The van der Waals surface area contributed by atoms with Crippen LogP contribution >= 0.6 is 0 Å². The average Bonchev–Trinajstić information content (AvgIpc) is 2.85. The monoisotopic (exact) mass is 489 g/mol. The smallest absolute Gasteiger partial charge is 0.251 e. The van der Waals surface area contributed by atoms with E-state index in [2.05, 4.69) is 34.3 Å². The Balaban J connectivity index is 1.95. The van der Waals surface area contributed by atoms with Crippen molar-refractivity contribution in [2.75, 3.05) is 11.9 Å². The fourth-order valence-corrected chi connectivity index (χ4v) is 3.19. The van der Waals surface area contributed by atoms with Gasteiger partial charge < -0.3 is 26.6 Å². The highest BCUT2D eigenvalue weighted by molar-refractivity contribution is 5.98. The zero-order valence-electron chi connectivity index (χ0n) is 20.5. The molecular weight excluding hydrogens is 458 g/mol. The second-order valence-corrected chi connectivity index (χ2v) is 8.70. The summed E-state index contributed by atoms with van der Waals surface area (Å²) in [4.78, 5) is 36.1. The second kappa shape index (κ2) is 13.8. The number of hydrogen-bond donors (Lipinski definition) is 5. The highest BCUT2D eigenvalue weighted by Crippen LogP contribution is 2.11. The van der Waals surface area contributed by atoms with Crippen molar-refractivity contribution in [3.05, 3.63) is 65.2 Å². The number of nitrogens with one attached hydrogen (secondary N) is 2. The molecule has 2 amide bonds. The highest BCUT2D eigenvalue weighted by Gasteiger charge is 2.25. The summed E-state index contributed by atoms with van der Waals surface area (Å²) in [6.07, 6.45) is -0.528. The molecule has 0 radical (unpaired) electrons. The maximum absolute atomic E-state index is 12.3. The molecule has 0 saturated carbocycles. The number of carbonyl (C=O) groups excluding carboxylic acids is 3. The van der Waals surface area contributed by atoms with Crippen molar-refractivity contribution in [2.45, 2.75) is 45.4 Å². The van der Waals surface area contributed by atoms with Gasteiger partial charge in [-0.3, -0.25) is 14.4 Å². The minimum Gasteiger partial charge on any atom is -0.391 e. The van der Waals surface area contributed by atoms with Crippen molar-refractivity contribution in [3.8, 4) is 23.7 Å². The first kappa shape index (κ1) is 28.3. The van der Waals surface area contributed by atoms with Crippen LogP contribution < -0.4 is 16.4 Å². The third-order valence-electron chi connectivity index (χ3n) is 5.11. The number of carbonyl (C=O) groups is 3. The predicted molar refractivity (Wildman–Crippen MR) is 138 cm³/mol. The van der Waals surface area contributed by atoms with Gasteiger partial charge in [0.25, 0.3) is 5.91 Å². The third kappa shape index (κ3) is 9.01. The lowest BCUT2D eigenvalue weighted by atomic mass is 10.0. The topological polar surface area (TPSA) is 142 Å². The molecule has 188 valence electrons. The van der Waals surface area contributed by atoms with Crippen LogP contribution in [0.4, 0.5) is 5.69 Å². The Kier molecular flexibility index (Phi) is 10.9. The average molecular weight is 490 g/mol. The van der Waals surface area contributed by atoms with Crippen LogP contribution in [0.5, 0.6) is 0 Å². The van der Waals surface area contributed by atoms with Gasteiger partial charge in [0.05, 0.1) is 12.1 Å². The maximum atomic E-state index is 12.3. The van der Waals surface area contributed by atoms with Crippen molar-refractivity contribution in [3.63, 3.8) is 0 Å². The normalized spacial score (nSPS) is 12.8. The molecule has 2 rings (SSSR count). The van der Waals surface area contributed by atoms with E-state index in [9.17, 15) is 19.5 Å². The molecule has 0 aromatic heterocycles. The summed E-state index contributed by atoms with van der Waals surface area (Å²) < 4.78 is 0. The first-order valence-electron chi connectivity index (χ1n) is 11.5. The number of benzene rings is 2. The van der Waals surface area contributed by atoms with Gasteiger partial charge in [-0.1, -0.05) is 25.7 Å². The molecule has 0 aliphatic heterocycles. The number of hydrogen-bond acceptors (Lipinski definition) is 6. The van der Waals surface area contributed by atoms with Crippen molar-refractivity contribution in [1.29, 1.82) is 0 Å². The summed E-state index contributed by atoms with van der Waals surface area (Å²) in [5.74, 6) is 10.2. The van der Waals surface area contributed by atoms with Gasteiger partial charge in [0.1, 0.15) is 12.6 Å². The van der Waals surface area contributed by atoms with Crippen LogP contribution in [0.15, 0.2) is 48.5 Å². The van der Waals surface area contributed by atoms with Crippen LogP contribution in [-0.4, -0.2) is 52.6 Å². The molecule has 0 saturated heterocycles. The van der Waals surface area contributed by atoms with Gasteiger partial charge >= 0.3 is 0 Å². The van der Waals surface area contributed by atoms with Crippen LogP contribution in [0.3, 0.4) is 0 Å².